The lowest BCUT2D eigenvalue weighted by Crippen LogP contribution is -2.59. The molecule has 4 amide bonds. The number of nitrogens with zero attached hydrogens (tertiary/aromatic N) is 1. The van der Waals surface area contributed by atoms with Crippen LogP contribution in [0.15, 0.2) is 48.5 Å². The van der Waals surface area contributed by atoms with Gasteiger partial charge in [0.25, 0.3) is 11.8 Å². The van der Waals surface area contributed by atoms with Gasteiger partial charge in [-0.1, -0.05) is 43.6 Å². The Balaban J connectivity index is 1.90. The van der Waals surface area contributed by atoms with Crippen molar-refractivity contribution in [1.82, 2.24) is 20.9 Å². The number of alkyl halides is 5. The Kier molecular flexibility index (Phi) is 13.2. The molecule has 0 aromatic heterocycles. The van der Waals surface area contributed by atoms with Gasteiger partial charge in [0.2, 0.25) is 17.6 Å². The third kappa shape index (κ3) is 10.6. The average Bonchev–Trinajstić information content (AvgIpc) is 3.52. The van der Waals surface area contributed by atoms with Gasteiger partial charge in [-0.05, 0) is 55.2 Å². The number of likely N-dealkylation sites (tertiary alicyclic amines) is 1. The Labute approximate surface area is 295 Å². The zero-order chi connectivity index (χ0) is 38.5. The molecule has 1 heterocycles. The summed E-state index contributed by atoms with van der Waals surface area (Å²) in [6, 6.07) is 6.57. The lowest BCUT2D eigenvalue weighted by atomic mass is 9.94. The lowest BCUT2D eigenvalue weighted by molar-refractivity contribution is -0.165. The van der Waals surface area contributed by atoms with E-state index in [0.717, 1.165) is 10.2 Å². The highest BCUT2D eigenvalue weighted by Gasteiger charge is 2.53. The summed E-state index contributed by atoms with van der Waals surface area (Å²) in [5.74, 6) is -13.9. The van der Waals surface area contributed by atoms with Crippen LogP contribution in [0.1, 0.15) is 43.1 Å². The minimum Gasteiger partial charge on any atom is -0.497 e. The summed E-state index contributed by atoms with van der Waals surface area (Å²) in [4.78, 5) is 65.8. The number of rotatable bonds is 14. The topological polar surface area (TPSA) is 168 Å². The first-order chi connectivity index (χ1) is 23.6. The fourth-order valence-electron chi connectivity index (χ4n) is 5.22. The molecule has 4 atom stereocenters. The van der Waals surface area contributed by atoms with Gasteiger partial charge in [-0.15, -0.1) is 0 Å². The maximum atomic E-state index is 14.8. The number of carbonyl (C=O) groups is 5. The van der Waals surface area contributed by atoms with Gasteiger partial charge in [-0.25, -0.2) is 8.42 Å². The van der Waals surface area contributed by atoms with Crippen molar-refractivity contribution in [2.45, 2.75) is 68.4 Å². The SMILES string of the molecule is COc1ccc(CS(=O)(=O)[C@@H]2C[C@@H](C(=O)N[C@H](C(=O)C(F)(F)C(=O)NCC(F)(F)F)C(C)C)N(C(=O)[C@H](C)NC(=O)c3cccc(Cl)c3)C2)cc1. The molecule has 51 heavy (non-hydrogen) atoms. The van der Waals surface area contributed by atoms with Crippen LogP contribution in [0.5, 0.6) is 5.75 Å². The first-order valence-corrected chi connectivity index (χ1v) is 17.5. The summed E-state index contributed by atoms with van der Waals surface area (Å²) in [5, 5.41) is 4.27. The number of halogens is 6. The van der Waals surface area contributed by atoms with Crippen LogP contribution in [-0.2, 0) is 34.8 Å². The summed E-state index contributed by atoms with van der Waals surface area (Å²) < 4.78 is 99.4. The number of Topliss-reactive ketones (excluding diaryl/α,β-unsaturated/α-hetero) is 1. The van der Waals surface area contributed by atoms with Crippen LogP contribution in [-0.4, -0.2) is 98.4 Å². The molecule has 1 aliphatic heterocycles. The first kappa shape index (κ1) is 41.1. The fraction of sp³-hybridized carbons (Fsp3) is 0.469. The maximum absolute atomic E-state index is 14.8. The summed E-state index contributed by atoms with van der Waals surface area (Å²) >= 11 is 5.94. The second-order valence-corrected chi connectivity index (χ2v) is 14.9. The monoisotopic (exact) mass is 766 g/mol. The Morgan fingerprint density at radius 3 is 2.16 bits per heavy atom. The number of carbonyl (C=O) groups excluding carboxylic acids is 5. The van der Waals surface area contributed by atoms with Gasteiger partial charge in [0.15, 0.2) is 9.84 Å². The van der Waals surface area contributed by atoms with Gasteiger partial charge in [0.05, 0.1) is 24.2 Å². The highest BCUT2D eigenvalue weighted by molar-refractivity contribution is 7.91. The van der Waals surface area contributed by atoms with Crippen molar-refractivity contribution >= 4 is 50.9 Å². The van der Waals surface area contributed by atoms with Crippen molar-refractivity contribution in [3.05, 3.63) is 64.7 Å². The second kappa shape index (κ2) is 16.4. The molecule has 3 rings (SSSR count). The van der Waals surface area contributed by atoms with E-state index in [9.17, 15) is 54.3 Å². The minimum atomic E-state index is -5.06. The van der Waals surface area contributed by atoms with Gasteiger partial charge in [-0.3, -0.25) is 24.0 Å². The Bertz CT molecular complexity index is 1740. The highest BCUT2D eigenvalue weighted by Crippen LogP contribution is 2.29. The summed E-state index contributed by atoms with van der Waals surface area (Å²) in [5.41, 5.74) is 0.427. The zero-order valence-electron chi connectivity index (χ0n) is 27.7. The normalized spacial score (nSPS) is 17.7. The molecule has 12 nitrogen and oxygen atoms in total. The molecule has 280 valence electrons. The van der Waals surface area contributed by atoms with Crippen molar-refractivity contribution < 1.29 is 59.1 Å². The van der Waals surface area contributed by atoms with Gasteiger partial charge in [0.1, 0.15) is 24.4 Å². The van der Waals surface area contributed by atoms with Crippen molar-refractivity contribution in [3.63, 3.8) is 0 Å². The van der Waals surface area contributed by atoms with Gasteiger partial charge < -0.3 is 25.6 Å². The van der Waals surface area contributed by atoms with E-state index in [1.54, 1.807) is 0 Å². The van der Waals surface area contributed by atoms with Crippen LogP contribution >= 0.6 is 11.6 Å². The lowest BCUT2D eigenvalue weighted by Gasteiger charge is -2.30. The van der Waals surface area contributed by atoms with Crippen LogP contribution in [0.3, 0.4) is 0 Å². The molecule has 0 bridgehead atoms. The Morgan fingerprint density at radius 2 is 1.61 bits per heavy atom. The van der Waals surface area contributed by atoms with Crippen LogP contribution in [0.2, 0.25) is 5.02 Å². The molecule has 0 aliphatic carbocycles. The fourth-order valence-corrected chi connectivity index (χ4v) is 7.17. The van der Waals surface area contributed by atoms with E-state index in [4.69, 9.17) is 16.3 Å². The van der Waals surface area contributed by atoms with Gasteiger partial charge in [-0.2, -0.15) is 22.0 Å². The third-order valence-electron chi connectivity index (χ3n) is 7.98. The molecular formula is C32H36ClF5N4O8S. The number of benzene rings is 2. The van der Waals surface area contributed by atoms with E-state index in [1.165, 1.54) is 76.4 Å². The molecule has 3 N–H and O–H groups in total. The van der Waals surface area contributed by atoms with E-state index in [-0.39, 0.29) is 10.6 Å². The number of hydrogen-bond acceptors (Lipinski definition) is 8. The molecule has 1 saturated heterocycles. The number of amides is 4. The quantitative estimate of drug-likeness (QED) is 0.195. The van der Waals surface area contributed by atoms with E-state index < -0.39 is 106 Å². The molecule has 19 heteroatoms. The Hall–Kier alpha value is -4.32. The van der Waals surface area contributed by atoms with Crippen molar-refractivity contribution in [1.29, 1.82) is 0 Å². The van der Waals surface area contributed by atoms with E-state index in [0.29, 0.717) is 11.3 Å². The molecular weight excluding hydrogens is 731 g/mol. The molecule has 2 aromatic rings. The van der Waals surface area contributed by atoms with Gasteiger partial charge >= 0.3 is 12.1 Å². The number of nitrogens with one attached hydrogen (secondary N) is 3. The van der Waals surface area contributed by atoms with Crippen LogP contribution in [0, 0.1) is 5.92 Å². The third-order valence-corrected chi connectivity index (χ3v) is 10.3. The molecule has 1 fully saturated rings. The second-order valence-electron chi connectivity index (χ2n) is 12.2. The van der Waals surface area contributed by atoms with E-state index in [1.807, 2.05) is 5.32 Å². The predicted octanol–water partition coefficient (Wildman–Crippen LogP) is 3.08. The predicted molar refractivity (Wildman–Crippen MR) is 174 cm³/mol. The summed E-state index contributed by atoms with van der Waals surface area (Å²) in [6.07, 6.45) is -5.61. The van der Waals surface area contributed by atoms with Gasteiger partial charge in [0, 0.05) is 17.1 Å². The number of sulfone groups is 1. The Morgan fingerprint density at radius 1 is 0.980 bits per heavy atom. The largest absolute Gasteiger partial charge is 0.497 e. The minimum absolute atomic E-state index is 0.0799. The number of ether oxygens (including phenoxy) is 1. The smallest absolute Gasteiger partial charge is 0.405 e. The van der Waals surface area contributed by atoms with Crippen molar-refractivity contribution in [3.8, 4) is 5.75 Å². The van der Waals surface area contributed by atoms with Crippen molar-refractivity contribution in [2.75, 3.05) is 20.2 Å². The molecule has 2 aromatic carbocycles. The van der Waals surface area contributed by atoms with Crippen LogP contribution < -0.4 is 20.7 Å². The highest BCUT2D eigenvalue weighted by atomic mass is 35.5. The van der Waals surface area contributed by atoms with Crippen molar-refractivity contribution in [2.24, 2.45) is 5.92 Å². The standard InChI is InChI=1S/C32H36ClF5N4O8S/c1-17(2)25(26(43)32(37,38)30(47)39-16-31(34,35)36)41-28(45)24-13-23(51(48,49)15-19-8-10-22(50-4)11-9-19)14-42(24)29(46)18(3)40-27(44)20-6-5-7-21(33)12-20/h5-12,17-18,23-25H,13-16H2,1-4H3,(H,39,47)(H,40,44)(H,41,45)/t18-,23+,24-,25-/m0/s1. The summed E-state index contributed by atoms with van der Waals surface area (Å²) in [7, 11) is -2.71. The first-order valence-electron chi connectivity index (χ1n) is 15.4. The zero-order valence-corrected chi connectivity index (χ0v) is 29.3. The molecule has 1 aliphatic rings. The molecule has 0 unspecified atom stereocenters. The molecule has 0 spiro atoms. The van der Waals surface area contributed by atoms with Crippen LogP contribution in [0.4, 0.5) is 22.0 Å². The van der Waals surface area contributed by atoms with Crippen LogP contribution in [0.25, 0.3) is 0 Å². The van der Waals surface area contributed by atoms with E-state index in [2.05, 4.69) is 5.32 Å². The van der Waals surface area contributed by atoms with E-state index >= 15 is 0 Å². The summed E-state index contributed by atoms with van der Waals surface area (Å²) in [6.45, 7) is 0.965. The number of hydrogen-bond donors (Lipinski definition) is 3. The number of methoxy groups -OCH3 is 1. The maximum Gasteiger partial charge on any atom is 0.405 e. The molecule has 0 radical (unpaired) electrons. The average molecular weight is 767 g/mol. The molecule has 0 saturated carbocycles. The number of ketones is 1.